The summed E-state index contributed by atoms with van der Waals surface area (Å²) in [4.78, 5) is 27.2. The summed E-state index contributed by atoms with van der Waals surface area (Å²) in [6, 6.07) is 10.6. The number of aromatic nitrogens is 1. The summed E-state index contributed by atoms with van der Waals surface area (Å²) in [7, 11) is 1.56. The summed E-state index contributed by atoms with van der Waals surface area (Å²) in [6.45, 7) is 2.08. The highest BCUT2D eigenvalue weighted by molar-refractivity contribution is 5.96. The number of carbonyl (C=O) groups excluding carboxylic acids is 1. The molecule has 0 radical (unpaired) electrons. The largest absolute Gasteiger partial charge is 0.496 e. The van der Waals surface area contributed by atoms with Crippen molar-refractivity contribution in [3.8, 4) is 17.0 Å². The van der Waals surface area contributed by atoms with Gasteiger partial charge in [-0.1, -0.05) is 13.0 Å². The lowest BCUT2D eigenvalue weighted by Gasteiger charge is -2.13. The van der Waals surface area contributed by atoms with Gasteiger partial charge < -0.3 is 15.2 Å². The highest BCUT2D eigenvalue weighted by atomic mass is 16.5. The number of nitrogens with zero attached hydrogens (tertiary/aromatic N) is 1. The summed E-state index contributed by atoms with van der Waals surface area (Å²) in [5, 5.41) is 11.5. The van der Waals surface area contributed by atoms with Crippen LogP contribution in [0.15, 0.2) is 42.6 Å². The van der Waals surface area contributed by atoms with Gasteiger partial charge in [-0.3, -0.25) is 14.6 Å². The lowest BCUT2D eigenvalue weighted by atomic mass is 10.0. The number of amides is 1. The topological polar surface area (TPSA) is 88.5 Å². The molecule has 1 heterocycles. The maximum atomic E-state index is 12.3. The summed E-state index contributed by atoms with van der Waals surface area (Å²) in [5.41, 5.74) is 1.91. The molecule has 6 nitrogen and oxygen atoms in total. The van der Waals surface area contributed by atoms with Crippen LogP contribution in [0.2, 0.25) is 0 Å². The molecule has 0 saturated carbocycles. The SMILES string of the molecule is COc1ccc(C(=O)NCC(C)CC(=O)O)cc1-c1ccccn1. The predicted octanol–water partition coefficient (Wildman–Crippen LogP) is 2.60. The molecule has 2 N–H and O–H groups in total. The highest BCUT2D eigenvalue weighted by Crippen LogP contribution is 2.29. The number of carboxylic acids is 1. The molecule has 0 bridgehead atoms. The van der Waals surface area contributed by atoms with Crippen molar-refractivity contribution in [3.05, 3.63) is 48.2 Å². The summed E-state index contributed by atoms with van der Waals surface area (Å²) in [6.07, 6.45) is 1.69. The zero-order valence-corrected chi connectivity index (χ0v) is 13.7. The van der Waals surface area contributed by atoms with Crippen molar-refractivity contribution < 1.29 is 19.4 Å². The smallest absolute Gasteiger partial charge is 0.303 e. The van der Waals surface area contributed by atoms with Gasteiger partial charge in [-0.15, -0.1) is 0 Å². The van der Waals surface area contributed by atoms with Crippen molar-refractivity contribution in [2.24, 2.45) is 5.92 Å². The fourth-order valence-corrected chi connectivity index (χ4v) is 2.31. The van der Waals surface area contributed by atoms with E-state index in [0.29, 0.717) is 23.6 Å². The quantitative estimate of drug-likeness (QED) is 0.815. The molecule has 6 heteroatoms. The average Bonchev–Trinajstić information content (AvgIpc) is 2.59. The normalized spacial score (nSPS) is 11.6. The lowest BCUT2D eigenvalue weighted by molar-refractivity contribution is -0.137. The Morgan fingerprint density at radius 3 is 2.71 bits per heavy atom. The van der Waals surface area contributed by atoms with E-state index in [4.69, 9.17) is 9.84 Å². The molecule has 0 aliphatic carbocycles. The van der Waals surface area contributed by atoms with E-state index >= 15 is 0 Å². The van der Waals surface area contributed by atoms with Crippen molar-refractivity contribution in [3.63, 3.8) is 0 Å². The minimum absolute atomic E-state index is 0.0160. The fraction of sp³-hybridized carbons (Fsp3) is 0.278. The molecule has 1 unspecified atom stereocenters. The van der Waals surface area contributed by atoms with Crippen LogP contribution in [0.4, 0.5) is 0 Å². The Balaban J connectivity index is 2.16. The van der Waals surface area contributed by atoms with Crippen LogP contribution in [-0.2, 0) is 4.79 Å². The molecule has 1 amide bonds. The second-order valence-corrected chi connectivity index (χ2v) is 5.54. The van der Waals surface area contributed by atoms with E-state index in [0.717, 1.165) is 5.56 Å². The van der Waals surface area contributed by atoms with Gasteiger partial charge in [0, 0.05) is 30.3 Å². The predicted molar refractivity (Wildman–Crippen MR) is 90.0 cm³/mol. The van der Waals surface area contributed by atoms with Gasteiger partial charge in [0.25, 0.3) is 5.91 Å². The summed E-state index contributed by atoms with van der Waals surface area (Å²) >= 11 is 0. The third-order valence-electron chi connectivity index (χ3n) is 3.54. The first kappa shape index (κ1) is 17.5. The maximum absolute atomic E-state index is 12.3. The zero-order valence-electron chi connectivity index (χ0n) is 13.7. The molecule has 2 aromatic rings. The van der Waals surface area contributed by atoms with E-state index < -0.39 is 5.97 Å². The van der Waals surface area contributed by atoms with Crippen LogP contribution in [0.3, 0.4) is 0 Å². The molecule has 0 aliphatic rings. The molecule has 1 aromatic carbocycles. The number of ether oxygens (including phenoxy) is 1. The van der Waals surface area contributed by atoms with Crippen LogP contribution in [0.25, 0.3) is 11.3 Å². The molecule has 0 aliphatic heterocycles. The Morgan fingerprint density at radius 1 is 1.29 bits per heavy atom. The molecule has 0 fully saturated rings. The average molecular weight is 328 g/mol. The summed E-state index contributed by atoms with van der Waals surface area (Å²) < 4.78 is 5.34. The number of carboxylic acid groups (broad SMARTS) is 1. The van der Waals surface area contributed by atoms with E-state index in [1.165, 1.54) is 0 Å². The van der Waals surface area contributed by atoms with E-state index in [-0.39, 0.29) is 18.2 Å². The van der Waals surface area contributed by atoms with Crippen molar-refractivity contribution in [1.82, 2.24) is 10.3 Å². The number of methoxy groups -OCH3 is 1. The highest BCUT2D eigenvalue weighted by Gasteiger charge is 2.14. The number of aliphatic carboxylic acids is 1. The molecule has 0 spiro atoms. The van der Waals surface area contributed by atoms with Gasteiger partial charge >= 0.3 is 5.97 Å². The molecule has 1 atom stereocenters. The minimum Gasteiger partial charge on any atom is -0.496 e. The van der Waals surface area contributed by atoms with Gasteiger partial charge in [-0.05, 0) is 36.2 Å². The molecular weight excluding hydrogens is 308 g/mol. The van der Waals surface area contributed by atoms with E-state index in [1.54, 1.807) is 38.4 Å². The lowest BCUT2D eigenvalue weighted by Crippen LogP contribution is -2.29. The van der Waals surface area contributed by atoms with E-state index in [1.807, 2.05) is 18.2 Å². The third kappa shape index (κ3) is 4.55. The number of rotatable bonds is 7. The van der Waals surface area contributed by atoms with Crippen LogP contribution in [-0.4, -0.2) is 35.6 Å². The first-order valence-electron chi connectivity index (χ1n) is 7.60. The Hall–Kier alpha value is -2.89. The molecular formula is C18H20N2O4. The number of nitrogens with one attached hydrogen (secondary N) is 1. The summed E-state index contributed by atoms with van der Waals surface area (Å²) in [5.74, 6) is -0.643. The standard InChI is InChI=1S/C18H20N2O4/c1-12(9-17(21)22)11-20-18(23)13-6-7-16(24-2)14(10-13)15-5-3-4-8-19-15/h3-8,10,12H,9,11H2,1-2H3,(H,20,23)(H,21,22). The third-order valence-corrected chi connectivity index (χ3v) is 3.54. The van der Waals surface area contributed by atoms with E-state index in [9.17, 15) is 9.59 Å². The number of pyridine rings is 1. The van der Waals surface area contributed by atoms with E-state index in [2.05, 4.69) is 10.3 Å². The van der Waals surface area contributed by atoms with Gasteiger partial charge in [-0.25, -0.2) is 0 Å². The minimum atomic E-state index is -0.876. The van der Waals surface area contributed by atoms with Crippen LogP contribution in [0.5, 0.6) is 5.75 Å². The van der Waals surface area contributed by atoms with Gasteiger partial charge in [0.2, 0.25) is 0 Å². The molecule has 126 valence electrons. The Bertz CT molecular complexity index is 716. The van der Waals surface area contributed by atoms with Gasteiger partial charge in [0.05, 0.1) is 12.8 Å². The first-order chi connectivity index (χ1) is 11.5. The van der Waals surface area contributed by atoms with Gasteiger partial charge in [0.15, 0.2) is 0 Å². The maximum Gasteiger partial charge on any atom is 0.303 e. The second-order valence-electron chi connectivity index (χ2n) is 5.54. The number of hydrogen-bond donors (Lipinski definition) is 2. The molecule has 2 rings (SSSR count). The number of carbonyl (C=O) groups is 2. The Labute approximate surface area is 140 Å². The van der Waals surface area contributed by atoms with Crippen molar-refractivity contribution in [2.45, 2.75) is 13.3 Å². The Kier molecular flexibility index (Phi) is 5.89. The van der Waals surface area contributed by atoms with Crippen molar-refractivity contribution in [2.75, 3.05) is 13.7 Å². The van der Waals surface area contributed by atoms with Crippen LogP contribution in [0.1, 0.15) is 23.7 Å². The van der Waals surface area contributed by atoms with Crippen molar-refractivity contribution in [1.29, 1.82) is 0 Å². The molecule has 0 saturated heterocycles. The van der Waals surface area contributed by atoms with Crippen LogP contribution < -0.4 is 10.1 Å². The second kappa shape index (κ2) is 8.10. The molecule has 24 heavy (non-hydrogen) atoms. The van der Waals surface area contributed by atoms with Gasteiger partial charge in [-0.2, -0.15) is 0 Å². The zero-order chi connectivity index (χ0) is 17.5. The molecule has 1 aromatic heterocycles. The van der Waals surface area contributed by atoms with Crippen LogP contribution in [0, 0.1) is 5.92 Å². The Morgan fingerprint density at radius 2 is 2.08 bits per heavy atom. The number of hydrogen-bond acceptors (Lipinski definition) is 4. The van der Waals surface area contributed by atoms with Gasteiger partial charge in [0.1, 0.15) is 5.75 Å². The number of benzene rings is 1. The first-order valence-corrected chi connectivity index (χ1v) is 7.60. The fourth-order valence-electron chi connectivity index (χ4n) is 2.31. The van der Waals surface area contributed by atoms with Crippen LogP contribution >= 0.6 is 0 Å². The van der Waals surface area contributed by atoms with Crippen molar-refractivity contribution >= 4 is 11.9 Å². The monoisotopic (exact) mass is 328 g/mol.